The third-order valence-electron chi connectivity index (χ3n) is 6.22. The number of pyridine rings is 1. The molecule has 4 aromatic rings. The maximum Gasteiger partial charge on any atom is 0.274 e. The van der Waals surface area contributed by atoms with E-state index in [1.807, 2.05) is 24.3 Å². The molecule has 3 aromatic heterocycles. The standard InChI is InChI=1S/C25H25ClN6O2S/c26-17-6-8-23-29-19(13-31(23)11-17)25(34)32-12-18(28)9-21(32)24-30-20(14-35-24)22(33)7-5-15-1-3-16(10-27)4-2-15/h1-4,6,8,11,13-14,18,21H,5,7,9-10,12,27-28H2/t18-,21+/m1/s1. The Hall–Kier alpha value is -3.11. The number of ketones is 1. The Morgan fingerprint density at radius 3 is 2.60 bits per heavy atom. The van der Waals surface area contributed by atoms with Crippen LogP contribution in [-0.4, -0.2) is 43.5 Å². The van der Waals surface area contributed by atoms with Crippen LogP contribution in [0.3, 0.4) is 0 Å². The number of nitrogens with two attached hydrogens (primary N) is 2. The smallest absolute Gasteiger partial charge is 0.274 e. The van der Waals surface area contributed by atoms with E-state index in [1.54, 1.807) is 39.2 Å². The largest absolute Gasteiger partial charge is 0.326 e. The second kappa shape index (κ2) is 9.87. The minimum atomic E-state index is -0.291. The normalized spacial score (nSPS) is 17.9. The SMILES string of the molecule is NCc1ccc(CCC(=O)c2csc([C@@H]3C[C@@H](N)CN3C(=O)c3cn4cc(Cl)ccc4n3)n2)cc1. The van der Waals surface area contributed by atoms with E-state index < -0.39 is 0 Å². The van der Waals surface area contributed by atoms with Gasteiger partial charge in [-0.1, -0.05) is 35.9 Å². The second-order valence-electron chi connectivity index (χ2n) is 8.72. The molecule has 1 aliphatic heterocycles. The van der Waals surface area contributed by atoms with E-state index in [0.717, 1.165) is 11.1 Å². The highest BCUT2D eigenvalue weighted by molar-refractivity contribution is 7.09. The number of carbonyl (C=O) groups excluding carboxylic acids is 2. The molecule has 4 heterocycles. The molecule has 5 rings (SSSR count). The van der Waals surface area contributed by atoms with Crippen molar-refractivity contribution in [2.75, 3.05) is 6.54 Å². The highest BCUT2D eigenvalue weighted by Gasteiger charge is 2.37. The number of nitrogens with zero attached hydrogens (tertiary/aromatic N) is 4. The van der Waals surface area contributed by atoms with Crippen LogP contribution in [0.5, 0.6) is 0 Å². The Kier molecular flexibility index (Phi) is 6.66. The molecule has 1 aliphatic rings. The predicted octanol–water partition coefficient (Wildman–Crippen LogP) is 3.63. The van der Waals surface area contributed by atoms with Crippen molar-refractivity contribution >= 4 is 40.3 Å². The third kappa shape index (κ3) is 4.99. The molecular formula is C25H25ClN6O2S. The summed E-state index contributed by atoms with van der Waals surface area (Å²) < 4.78 is 1.73. The molecule has 180 valence electrons. The zero-order valence-corrected chi connectivity index (χ0v) is 20.5. The predicted molar refractivity (Wildman–Crippen MR) is 136 cm³/mol. The number of amides is 1. The average molecular weight is 509 g/mol. The summed E-state index contributed by atoms with van der Waals surface area (Å²) in [6.45, 7) is 0.899. The fourth-order valence-corrected chi connectivity index (χ4v) is 5.45. The van der Waals surface area contributed by atoms with Gasteiger partial charge < -0.3 is 20.8 Å². The first-order chi connectivity index (χ1) is 16.9. The summed E-state index contributed by atoms with van der Waals surface area (Å²) >= 11 is 7.44. The van der Waals surface area contributed by atoms with Crippen molar-refractivity contribution in [1.82, 2.24) is 19.3 Å². The highest BCUT2D eigenvalue weighted by Crippen LogP contribution is 2.34. The first kappa shape index (κ1) is 23.6. The number of rotatable bonds is 7. The van der Waals surface area contributed by atoms with E-state index in [0.29, 0.717) is 59.4 Å². The summed E-state index contributed by atoms with van der Waals surface area (Å²) in [7, 11) is 0. The summed E-state index contributed by atoms with van der Waals surface area (Å²) in [4.78, 5) is 36.9. The summed E-state index contributed by atoms with van der Waals surface area (Å²) in [6, 6.07) is 11.0. The summed E-state index contributed by atoms with van der Waals surface area (Å²) in [5.41, 5.74) is 15.4. The number of imidazole rings is 1. The Labute approximate surface area is 211 Å². The Morgan fingerprint density at radius 1 is 1.06 bits per heavy atom. The van der Waals surface area contributed by atoms with Gasteiger partial charge in [0.15, 0.2) is 5.78 Å². The molecule has 0 radical (unpaired) electrons. The van der Waals surface area contributed by atoms with Gasteiger partial charge in [0, 0.05) is 43.3 Å². The zero-order valence-electron chi connectivity index (χ0n) is 18.9. The molecule has 0 bridgehead atoms. The van der Waals surface area contributed by atoms with Crippen molar-refractivity contribution in [2.24, 2.45) is 11.5 Å². The Morgan fingerprint density at radius 2 is 1.83 bits per heavy atom. The van der Waals surface area contributed by atoms with Crippen LogP contribution in [-0.2, 0) is 13.0 Å². The molecule has 0 unspecified atom stereocenters. The van der Waals surface area contributed by atoms with Gasteiger partial charge in [-0.25, -0.2) is 9.97 Å². The molecule has 0 saturated carbocycles. The van der Waals surface area contributed by atoms with Gasteiger partial charge in [0.2, 0.25) is 0 Å². The average Bonchev–Trinajstić information content (AvgIpc) is 3.60. The monoisotopic (exact) mass is 508 g/mol. The van der Waals surface area contributed by atoms with Crippen LogP contribution >= 0.6 is 22.9 Å². The number of halogens is 1. The van der Waals surface area contributed by atoms with Gasteiger partial charge in [0.05, 0.1) is 11.1 Å². The van der Waals surface area contributed by atoms with Gasteiger partial charge in [-0.2, -0.15) is 0 Å². The molecule has 35 heavy (non-hydrogen) atoms. The van der Waals surface area contributed by atoms with E-state index in [4.69, 9.17) is 23.1 Å². The zero-order chi connectivity index (χ0) is 24.5. The molecule has 0 aliphatic carbocycles. The molecule has 10 heteroatoms. The number of hydrogen-bond acceptors (Lipinski definition) is 7. The Bertz CT molecular complexity index is 1380. The maximum absolute atomic E-state index is 13.3. The lowest BCUT2D eigenvalue weighted by Gasteiger charge is -2.21. The number of aromatic nitrogens is 3. The summed E-state index contributed by atoms with van der Waals surface area (Å²) in [5.74, 6) is -0.237. The van der Waals surface area contributed by atoms with Crippen LogP contribution < -0.4 is 11.5 Å². The van der Waals surface area contributed by atoms with Crippen molar-refractivity contribution in [2.45, 2.75) is 37.9 Å². The molecule has 1 fully saturated rings. The molecular weight excluding hydrogens is 484 g/mol. The molecule has 8 nitrogen and oxygen atoms in total. The van der Waals surface area contributed by atoms with E-state index in [2.05, 4.69) is 9.97 Å². The van der Waals surface area contributed by atoms with Crippen LogP contribution in [0, 0.1) is 0 Å². The summed E-state index contributed by atoms with van der Waals surface area (Å²) in [6.07, 6.45) is 4.95. The molecule has 1 saturated heterocycles. The number of benzene rings is 1. The lowest BCUT2D eigenvalue weighted by atomic mass is 10.0. The lowest BCUT2D eigenvalue weighted by Crippen LogP contribution is -2.33. The fraction of sp³-hybridized carbons (Fsp3) is 0.280. The molecule has 4 N–H and O–H groups in total. The van der Waals surface area contributed by atoms with E-state index in [9.17, 15) is 9.59 Å². The third-order valence-corrected chi connectivity index (χ3v) is 7.39. The summed E-state index contributed by atoms with van der Waals surface area (Å²) in [5, 5.41) is 3.05. The van der Waals surface area contributed by atoms with Gasteiger partial charge in [0.1, 0.15) is 22.0 Å². The number of Topliss-reactive ketones (excluding diaryl/α,β-unsaturated/α-hetero) is 1. The second-order valence-corrected chi connectivity index (χ2v) is 10.0. The van der Waals surface area contributed by atoms with Gasteiger partial charge in [0.25, 0.3) is 5.91 Å². The fourth-order valence-electron chi connectivity index (χ4n) is 4.34. The number of carbonyl (C=O) groups is 2. The van der Waals surface area contributed by atoms with E-state index in [-0.39, 0.29) is 23.8 Å². The van der Waals surface area contributed by atoms with Crippen LogP contribution in [0.2, 0.25) is 5.02 Å². The Balaban J connectivity index is 1.29. The van der Waals surface area contributed by atoms with Crippen LogP contribution in [0.15, 0.2) is 54.2 Å². The van der Waals surface area contributed by atoms with Crippen LogP contribution in [0.4, 0.5) is 0 Å². The lowest BCUT2D eigenvalue weighted by molar-refractivity contribution is 0.0728. The number of likely N-dealkylation sites (tertiary alicyclic amines) is 1. The number of aryl methyl sites for hydroxylation is 1. The van der Waals surface area contributed by atoms with Gasteiger partial charge >= 0.3 is 0 Å². The van der Waals surface area contributed by atoms with Crippen molar-refractivity contribution in [3.8, 4) is 0 Å². The van der Waals surface area contributed by atoms with Crippen molar-refractivity contribution in [3.05, 3.63) is 86.7 Å². The molecule has 1 aromatic carbocycles. The maximum atomic E-state index is 13.3. The van der Waals surface area contributed by atoms with Crippen LogP contribution in [0.25, 0.3) is 5.65 Å². The van der Waals surface area contributed by atoms with Crippen molar-refractivity contribution in [3.63, 3.8) is 0 Å². The molecule has 0 spiro atoms. The number of hydrogen-bond donors (Lipinski definition) is 2. The van der Waals surface area contributed by atoms with Gasteiger partial charge in [-0.3, -0.25) is 9.59 Å². The van der Waals surface area contributed by atoms with Gasteiger partial charge in [-0.05, 0) is 36.1 Å². The van der Waals surface area contributed by atoms with Crippen molar-refractivity contribution < 1.29 is 9.59 Å². The molecule has 1 amide bonds. The minimum absolute atomic E-state index is 0.0206. The first-order valence-electron chi connectivity index (χ1n) is 11.4. The number of fused-ring (bicyclic) bond motifs is 1. The van der Waals surface area contributed by atoms with Crippen LogP contribution in [0.1, 0.15) is 56.0 Å². The van der Waals surface area contributed by atoms with E-state index in [1.165, 1.54) is 11.3 Å². The highest BCUT2D eigenvalue weighted by atomic mass is 35.5. The molecule has 2 atom stereocenters. The quantitative estimate of drug-likeness (QED) is 0.368. The first-order valence-corrected chi connectivity index (χ1v) is 12.6. The van der Waals surface area contributed by atoms with Gasteiger partial charge in [-0.15, -0.1) is 11.3 Å². The minimum Gasteiger partial charge on any atom is -0.326 e. The number of thiazole rings is 1. The van der Waals surface area contributed by atoms with Crippen molar-refractivity contribution in [1.29, 1.82) is 0 Å². The van der Waals surface area contributed by atoms with E-state index >= 15 is 0 Å². The topological polar surface area (TPSA) is 120 Å².